The first-order chi connectivity index (χ1) is 11.6. The Bertz CT molecular complexity index is 792. The van der Waals surface area contributed by atoms with Crippen molar-refractivity contribution in [2.45, 2.75) is 30.7 Å². The molecule has 2 atom stereocenters. The lowest BCUT2D eigenvalue weighted by Gasteiger charge is -2.29. The summed E-state index contributed by atoms with van der Waals surface area (Å²) in [6.45, 7) is 2.05. The van der Waals surface area contributed by atoms with Crippen LogP contribution in [0, 0.1) is 0 Å². The SMILES string of the molecule is C[C@@]12CCC(=O)N1[C@@H](C(=O)Nc1nc(-c3ccccc3)cs1)CS2. The Labute approximate surface area is 148 Å². The highest BCUT2D eigenvalue weighted by atomic mass is 32.2. The van der Waals surface area contributed by atoms with Gasteiger partial charge in [0.15, 0.2) is 5.13 Å². The smallest absolute Gasteiger partial charge is 0.249 e. The number of benzene rings is 1. The zero-order chi connectivity index (χ0) is 16.7. The number of thioether (sulfide) groups is 1. The van der Waals surface area contributed by atoms with Crippen LogP contribution in [0.3, 0.4) is 0 Å². The van der Waals surface area contributed by atoms with E-state index in [0.29, 0.717) is 17.3 Å². The molecule has 0 unspecified atom stereocenters. The predicted octanol–water partition coefficient (Wildman–Crippen LogP) is 3.20. The van der Waals surface area contributed by atoms with E-state index in [1.165, 1.54) is 11.3 Å². The van der Waals surface area contributed by atoms with Gasteiger partial charge in [-0.25, -0.2) is 4.98 Å². The number of thiazole rings is 1. The Morgan fingerprint density at radius 2 is 2.17 bits per heavy atom. The standard InChI is InChI=1S/C17H17N3O2S2/c1-17-8-7-14(21)20(17)13(10-24-17)15(22)19-16-18-12(9-23-16)11-5-3-2-4-6-11/h2-6,9,13H,7-8,10H2,1H3,(H,18,19,22)/t13-,17-/m1/s1. The summed E-state index contributed by atoms with van der Waals surface area (Å²) < 4.78 is 0. The molecule has 24 heavy (non-hydrogen) atoms. The summed E-state index contributed by atoms with van der Waals surface area (Å²) in [5, 5.41) is 5.39. The van der Waals surface area contributed by atoms with Crippen LogP contribution >= 0.6 is 23.1 Å². The van der Waals surface area contributed by atoms with Crippen LogP contribution in [-0.4, -0.2) is 38.4 Å². The fourth-order valence-electron chi connectivity index (χ4n) is 3.28. The molecule has 2 aliphatic heterocycles. The van der Waals surface area contributed by atoms with Crippen LogP contribution in [0.15, 0.2) is 35.7 Å². The van der Waals surface area contributed by atoms with Crippen LogP contribution in [0.1, 0.15) is 19.8 Å². The van der Waals surface area contributed by atoms with Crippen molar-refractivity contribution in [3.05, 3.63) is 35.7 Å². The molecule has 7 heteroatoms. The van der Waals surface area contributed by atoms with Gasteiger partial charge in [-0.3, -0.25) is 9.59 Å². The minimum absolute atomic E-state index is 0.0757. The fourth-order valence-corrected chi connectivity index (χ4v) is 5.43. The van der Waals surface area contributed by atoms with Gasteiger partial charge in [-0.2, -0.15) is 0 Å². The average molecular weight is 359 g/mol. The summed E-state index contributed by atoms with van der Waals surface area (Å²) in [5.41, 5.74) is 1.87. The Hall–Kier alpha value is -1.86. The molecule has 0 spiro atoms. The van der Waals surface area contributed by atoms with Crippen LogP contribution in [0.2, 0.25) is 0 Å². The van der Waals surface area contributed by atoms with Gasteiger partial charge in [0, 0.05) is 23.1 Å². The molecule has 0 saturated carbocycles. The van der Waals surface area contributed by atoms with E-state index in [2.05, 4.69) is 10.3 Å². The number of fused-ring (bicyclic) bond motifs is 1. The van der Waals surface area contributed by atoms with Crippen LogP contribution in [0.5, 0.6) is 0 Å². The third kappa shape index (κ3) is 2.61. The molecule has 2 aromatic rings. The number of hydrogen-bond acceptors (Lipinski definition) is 5. The van der Waals surface area contributed by atoms with Crippen molar-refractivity contribution < 1.29 is 9.59 Å². The minimum atomic E-state index is -0.404. The second-order valence-corrected chi connectivity index (χ2v) is 8.52. The minimum Gasteiger partial charge on any atom is -0.315 e. The molecule has 124 valence electrons. The van der Waals surface area contributed by atoms with Gasteiger partial charge < -0.3 is 10.2 Å². The molecule has 2 saturated heterocycles. The van der Waals surface area contributed by atoms with Gasteiger partial charge in [0.25, 0.3) is 0 Å². The first-order valence-corrected chi connectivity index (χ1v) is 9.71. The van der Waals surface area contributed by atoms with E-state index in [0.717, 1.165) is 17.7 Å². The maximum Gasteiger partial charge on any atom is 0.249 e. The molecule has 2 amide bonds. The van der Waals surface area contributed by atoms with Gasteiger partial charge in [-0.1, -0.05) is 30.3 Å². The number of rotatable bonds is 3. The molecule has 4 rings (SSSR count). The highest BCUT2D eigenvalue weighted by Crippen LogP contribution is 2.47. The fraction of sp³-hybridized carbons (Fsp3) is 0.353. The lowest BCUT2D eigenvalue weighted by molar-refractivity contribution is -0.135. The average Bonchev–Trinajstić information content (AvgIpc) is 3.25. The molecule has 1 N–H and O–H groups in total. The van der Waals surface area contributed by atoms with E-state index in [-0.39, 0.29) is 16.7 Å². The van der Waals surface area contributed by atoms with Gasteiger partial charge >= 0.3 is 0 Å². The van der Waals surface area contributed by atoms with Crippen LogP contribution < -0.4 is 5.32 Å². The van der Waals surface area contributed by atoms with Crippen molar-refractivity contribution in [2.75, 3.05) is 11.1 Å². The highest BCUT2D eigenvalue weighted by molar-refractivity contribution is 8.01. The molecule has 1 aromatic heterocycles. The van der Waals surface area contributed by atoms with E-state index < -0.39 is 6.04 Å². The lowest BCUT2D eigenvalue weighted by atomic mass is 10.2. The Kier molecular flexibility index (Phi) is 3.85. The molecule has 1 aromatic carbocycles. The van der Waals surface area contributed by atoms with Gasteiger partial charge in [-0.15, -0.1) is 23.1 Å². The molecule has 0 aliphatic carbocycles. The van der Waals surface area contributed by atoms with Crippen molar-refractivity contribution in [1.82, 2.24) is 9.88 Å². The first kappa shape index (κ1) is 15.7. The zero-order valence-corrected chi connectivity index (χ0v) is 14.8. The van der Waals surface area contributed by atoms with Gasteiger partial charge in [0.1, 0.15) is 6.04 Å². The number of carbonyl (C=O) groups is 2. The number of nitrogens with one attached hydrogen (secondary N) is 1. The number of aromatic nitrogens is 1. The van der Waals surface area contributed by atoms with E-state index in [1.54, 1.807) is 16.7 Å². The molecule has 3 heterocycles. The molecule has 2 aliphatic rings. The van der Waals surface area contributed by atoms with Crippen LogP contribution in [0.4, 0.5) is 5.13 Å². The van der Waals surface area contributed by atoms with E-state index in [4.69, 9.17) is 0 Å². The maximum absolute atomic E-state index is 12.6. The Balaban J connectivity index is 1.49. The summed E-state index contributed by atoms with van der Waals surface area (Å²) in [4.78, 5) is 30.8. The summed E-state index contributed by atoms with van der Waals surface area (Å²) in [7, 11) is 0. The van der Waals surface area contributed by atoms with Crippen LogP contribution in [-0.2, 0) is 9.59 Å². The molecule has 0 radical (unpaired) electrons. The summed E-state index contributed by atoms with van der Waals surface area (Å²) in [5.74, 6) is 0.576. The lowest BCUT2D eigenvalue weighted by Crippen LogP contribution is -2.48. The third-order valence-corrected chi connectivity index (χ3v) is 6.81. The summed E-state index contributed by atoms with van der Waals surface area (Å²) in [6.07, 6.45) is 1.35. The number of carbonyl (C=O) groups excluding carboxylic acids is 2. The largest absolute Gasteiger partial charge is 0.315 e. The van der Waals surface area contributed by atoms with Crippen molar-refractivity contribution >= 4 is 40.0 Å². The number of nitrogens with zero attached hydrogens (tertiary/aromatic N) is 2. The van der Waals surface area contributed by atoms with Crippen molar-refractivity contribution in [3.8, 4) is 11.3 Å². The number of amides is 2. The quantitative estimate of drug-likeness (QED) is 0.914. The predicted molar refractivity (Wildman–Crippen MR) is 96.9 cm³/mol. The molecule has 0 bridgehead atoms. The van der Waals surface area contributed by atoms with E-state index in [1.807, 2.05) is 42.6 Å². The van der Waals surface area contributed by atoms with Crippen molar-refractivity contribution in [1.29, 1.82) is 0 Å². The second kappa shape index (κ2) is 5.89. The maximum atomic E-state index is 12.6. The van der Waals surface area contributed by atoms with Gasteiger partial charge in [0.05, 0.1) is 10.6 Å². The van der Waals surface area contributed by atoms with E-state index >= 15 is 0 Å². The molecule has 5 nitrogen and oxygen atoms in total. The number of hydrogen-bond donors (Lipinski definition) is 1. The third-order valence-electron chi connectivity index (χ3n) is 4.55. The van der Waals surface area contributed by atoms with Crippen molar-refractivity contribution in [3.63, 3.8) is 0 Å². The van der Waals surface area contributed by atoms with E-state index in [9.17, 15) is 9.59 Å². The van der Waals surface area contributed by atoms with Gasteiger partial charge in [0.2, 0.25) is 11.8 Å². The first-order valence-electron chi connectivity index (χ1n) is 7.85. The zero-order valence-electron chi connectivity index (χ0n) is 13.2. The van der Waals surface area contributed by atoms with Gasteiger partial charge in [-0.05, 0) is 13.3 Å². The second-order valence-electron chi connectivity index (χ2n) is 6.16. The molecular weight excluding hydrogens is 342 g/mol. The Morgan fingerprint density at radius 3 is 2.96 bits per heavy atom. The molecular formula is C17H17N3O2S2. The van der Waals surface area contributed by atoms with Crippen LogP contribution in [0.25, 0.3) is 11.3 Å². The summed E-state index contributed by atoms with van der Waals surface area (Å²) >= 11 is 3.10. The Morgan fingerprint density at radius 1 is 1.38 bits per heavy atom. The summed E-state index contributed by atoms with van der Waals surface area (Å²) in [6, 6.07) is 9.45. The normalized spacial score (nSPS) is 25.8. The number of anilines is 1. The van der Waals surface area contributed by atoms with Crippen molar-refractivity contribution in [2.24, 2.45) is 0 Å². The molecule has 2 fully saturated rings. The monoisotopic (exact) mass is 359 g/mol. The highest BCUT2D eigenvalue weighted by Gasteiger charge is 2.52. The topological polar surface area (TPSA) is 62.3 Å².